The summed E-state index contributed by atoms with van der Waals surface area (Å²) in [5, 5.41) is 1.44. The van der Waals surface area contributed by atoms with E-state index in [1.807, 2.05) is 0 Å². The third kappa shape index (κ3) is 2.20. The first-order valence-corrected chi connectivity index (χ1v) is 7.56. The van der Waals surface area contributed by atoms with Gasteiger partial charge in [0.2, 0.25) is 0 Å². The van der Waals surface area contributed by atoms with Gasteiger partial charge in [0.1, 0.15) is 0 Å². The summed E-state index contributed by atoms with van der Waals surface area (Å²) < 4.78 is 2.40. The predicted octanol–water partition coefficient (Wildman–Crippen LogP) is 2.97. The Balaban J connectivity index is 2.02. The van der Waals surface area contributed by atoms with Gasteiger partial charge in [0.25, 0.3) is 0 Å². The molecule has 1 aliphatic rings. The number of nitrogens with zero attached hydrogens (tertiary/aromatic N) is 3. The molecule has 0 unspecified atom stereocenters. The molecule has 0 N–H and O–H groups in total. The van der Waals surface area contributed by atoms with Crippen LogP contribution in [0.25, 0.3) is 10.9 Å². The lowest BCUT2D eigenvalue weighted by molar-refractivity contribution is 0.286. The Bertz CT molecular complexity index is 612. The second-order valence-corrected chi connectivity index (χ2v) is 6.30. The fourth-order valence-corrected chi connectivity index (χ4v) is 3.16. The normalized spacial score (nSPS) is 16.8. The van der Waals surface area contributed by atoms with E-state index in [4.69, 9.17) is 0 Å². The molecule has 1 atom stereocenters. The van der Waals surface area contributed by atoms with Crippen LogP contribution in [0.15, 0.2) is 24.4 Å². The number of anilines is 1. The van der Waals surface area contributed by atoms with Crippen LogP contribution in [0.1, 0.15) is 18.9 Å². The highest BCUT2D eigenvalue weighted by Gasteiger charge is 2.18. The largest absolute Gasteiger partial charge is 0.374 e. The summed E-state index contributed by atoms with van der Waals surface area (Å²) in [6.45, 7) is 4.50. The summed E-state index contributed by atoms with van der Waals surface area (Å²) in [5.41, 5.74) is 4.34. The minimum atomic E-state index is 0.546. The summed E-state index contributed by atoms with van der Waals surface area (Å²) in [5.74, 6) is 0. The first-order chi connectivity index (χ1) is 9.58. The molecule has 0 amide bonds. The van der Waals surface area contributed by atoms with Gasteiger partial charge in [-0.25, -0.2) is 0 Å². The number of benzene rings is 1. The monoisotopic (exact) mass is 271 g/mol. The Labute approximate surface area is 121 Å². The minimum Gasteiger partial charge on any atom is -0.374 e. The van der Waals surface area contributed by atoms with Crippen molar-refractivity contribution in [1.29, 1.82) is 0 Å². The lowest BCUT2D eigenvalue weighted by atomic mass is 9.98. The average molecular weight is 271 g/mol. The van der Waals surface area contributed by atoms with Gasteiger partial charge in [-0.1, -0.05) is 0 Å². The summed E-state index contributed by atoms with van der Waals surface area (Å²) >= 11 is 0. The molecule has 0 bridgehead atoms. The maximum atomic E-state index is 2.40. The number of rotatable bonds is 3. The summed E-state index contributed by atoms with van der Waals surface area (Å²) in [4.78, 5) is 4.66. The predicted molar refractivity (Wildman–Crippen MR) is 86.7 cm³/mol. The Morgan fingerprint density at radius 2 is 2.05 bits per heavy atom. The highest BCUT2D eigenvalue weighted by Crippen LogP contribution is 2.33. The molecule has 0 spiro atoms. The number of hydrogen-bond donors (Lipinski definition) is 0. The average Bonchev–Trinajstić information content (AvgIpc) is 2.82. The van der Waals surface area contributed by atoms with Crippen LogP contribution in [0.4, 0.5) is 5.69 Å². The smallest absolute Gasteiger partial charge is 0.0485 e. The van der Waals surface area contributed by atoms with E-state index in [9.17, 15) is 0 Å². The van der Waals surface area contributed by atoms with Gasteiger partial charge in [0, 0.05) is 49.0 Å². The van der Waals surface area contributed by atoms with E-state index in [1.54, 1.807) is 0 Å². The molecule has 3 heteroatoms. The first kappa shape index (κ1) is 13.5. The van der Waals surface area contributed by atoms with E-state index < -0.39 is 0 Å². The van der Waals surface area contributed by atoms with Crippen molar-refractivity contribution in [2.75, 3.05) is 32.6 Å². The number of hydrogen-bond acceptors (Lipinski definition) is 2. The Morgan fingerprint density at radius 1 is 1.25 bits per heavy atom. The third-order valence-corrected chi connectivity index (χ3v) is 4.71. The van der Waals surface area contributed by atoms with Crippen molar-refractivity contribution in [3.05, 3.63) is 30.0 Å². The molecule has 0 saturated heterocycles. The van der Waals surface area contributed by atoms with Crippen molar-refractivity contribution in [2.45, 2.75) is 32.4 Å². The quantitative estimate of drug-likeness (QED) is 0.850. The van der Waals surface area contributed by atoms with Gasteiger partial charge < -0.3 is 14.4 Å². The highest BCUT2D eigenvalue weighted by molar-refractivity contribution is 5.89. The molecular formula is C17H25N3. The molecule has 2 aromatic rings. The Kier molecular flexibility index (Phi) is 3.47. The number of aromatic nitrogens is 1. The van der Waals surface area contributed by atoms with Crippen molar-refractivity contribution in [3.63, 3.8) is 0 Å². The molecule has 20 heavy (non-hydrogen) atoms. The molecule has 1 aromatic carbocycles. The van der Waals surface area contributed by atoms with Crippen molar-refractivity contribution in [1.82, 2.24) is 9.47 Å². The van der Waals surface area contributed by atoms with E-state index in [-0.39, 0.29) is 0 Å². The van der Waals surface area contributed by atoms with E-state index in [0.29, 0.717) is 6.04 Å². The molecule has 0 aliphatic carbocycles. The number of fused-ring (bicyclic) bond motifs is 3. The van der Waals surface area contributed by atoms with Gasteiger partial charge in [-0.05, 0) is 57.6 Å². The zero-order valence-corrected chi connectivity index (χ0v) is 13.1. The van der Waals surface area contributed by atoms with Crippen molar-refractivity contribution in [2.24, 2.45) is 0 Å². The Morgan fingerprint density at radius 3 is 2.80 bits per heavy atom. The topological polar surface area (TPSA) is 11.4 Å². The molecule has 0 saturated carbocycles. The van der Waals surface area contributed by atoms with Crippen molar-refractivity contribution in [3.8, 4) is 0 Å². The molecule has 3 nitrogen and oxygen atoms in total. The van der Waals surface area contributed by atoms with Crippen LogP contribution in [-0.2, 0) is 13.0 Å². The van der Waals surface area contributed by atoms with Crippen LogP contribution < -0.4 is 4.90 Å². The van der Waals surface area contributed by atoms with Crippen LogP contribution in [-0.4, -0.2) is 43.2 Å². The zero-order chi connectivity index (χ0) is 14.3. The zero-order valence-electron chi connectivity index (χ0n) is 13.1. The molecule has 1 aromatic heterocycles. The molecule has 2 heterocycles. The van der Waals surface area contributed by atoms with Crippen molar-refractivity contribution < 1.29 is 0 Å². The summed E-state index contributed by atoms with van der Waals surface area (Å²) in [6, 6.07) is 7.44. The van der Waals surface area contributed by atoms with Crippen molar-refractivity contribution >= 4 is 16.6 Å². The van der Waals surface area contributed by atoms with Gasteiger partial charge in [-0.2, -0.15) is 0 Å². The summed E-state index contributed by atoms with van der Waals surface area (Å²) in [6.07, 6.45) is 4.73. The first-order valence-electron chi connectivity index (χ1n) is 7.56. The maximum Gasteiger partial charge on any atom is 0.0485 e. The van der Waals surface area contributed by atoms with Crippen LogP contribution in [0.5, 0.6) is 0 Å². The SMILES string of the molecule is C[C@H](Cn1ccc2c3c(ccc21)N(C)CCC3)N(C)C. The fourth-order valence-electron chi connectivity index (χ4n) is 3.16. The molecule has 1 aliphatic heterocycles. The molecular weight excluding hydrogens is 246 g/mol. The van der Waals surface area contributed by atoms with Crippen LogP contribution in [0, 0.1) is 0 Å². The number of aryl methyl sites for hydroxylation is 1. The van der Waals surface area contributed by atoms with Crippen LogP contribution in [0.3, 0.4) is 0 Å². The van der Waals surface area contributed by atoms with Gasteiger partial charge in [0.15, 0.2) is 0 Å². The highest BCUT2D eigenvalue weighted by atomic mass is 15.1. The fraction of sp³-hybridized carbons (Fsp3) is 0.529. The molecule has 0 radical (unpaired) electrons. The van der Waals surface area contributed by atoms with Gasteiger partial charge >= 0.3 is 0 Å². The molecule has 3 rings (SSSR count). The van der Waals surface area contributed by atoms with E-state index in [2.05, 4.69) is 66.8 Å². The van der Waals surface area contributed by atoms with E-state index in [1.165, 1.54) is 41.5 Å². The second-order valence-electron chi connectivity index (χ2n) is 6.30. The number of likely N-dealkylation sites (N-methyl/N-ethyl adjacent to an activating group) is 1. The van der Waals surface area contributed by atoms with Crippen LogP contribution >= 0.6 is 0 Å². The van der Waals surface area contributed by atoms with Crippen LogP contribution in [0.2, 0.25) is 0 Å². The second kappa shape index (κ2) is 5.13. The lowest BCUT2D eigenvalue weighted by Crippen LogP contribution is -2.29. The van der Waals surface area contributed by atoms with Gasteiger partial charge in [-0.15, -0.1) is 0 Å². The third-order valence-electron chi connectivity index (χ3n) is 4.71. The van der Waals surface area contributed by atoms with Gasteiger partial charge in [0.05, 0.1) is 0 Å². The molecule has 108 valence electrons. The Hall–Kier alpha value is -1.48. The standard InChI is InChI=1S/C17H25N3/c1-13(18(2)3)12-20-11-9-15-14-6-5-10-19(4)16(14)7-8-17(15)20/h7-9,11,13H,5-6,10,12H2,1-4H3/t13-/m1/s1. The van der Waals surface area contributed by atoms with E-state index >= 15 is 0 Å². The van der Waals surface area contributed by atoms with E-state index in [0.717, 1.165) is 6.54 Å². The lowest BCUT2D eigenvalue weighted by Gasteiger charge is -2.28. The van der Waals surface area contributed by atoms with Gasteiger partial charge in [-0.3, -0.25) is 0 Å². The molecule has 0 fully saturated rings. The summed E-state index contributed by atoms with van der Waals surface area (Å²) in [7, 11) is 6.50. The minimum absolute atomic E-state index is 0.546. The maximum absolute atomic E-state index is 2.40.